The average Bonchev–Trinajstić information content (AvgIpc) is 2.50. The minimum atomic E-state index is -0.159. The summed E-state index contributed by atoms with van der Waals surface area (Å²) in [5.41, 5.74) is 1.91. The van der Waals surface area contributed by atoms with Crippen LogP contribution in [-0.4, -0.2) is 17.9 Å². The number of carbonyl (C=O) groups excluding carboxylic acids is 1. The van der Waals surface area contributed by atoms with E-state index in [1.807, 2.05) is 30.1 Å². The number of fused-ring (bicyclic) bond motifs is 1. The molecule has 0 saturated carbocycles. The largest absolute Gasteiger partial charge is 0.331 e. The van der Waals surface area contributed by atoms with Crippen LogP contribution in [0.3, 0.4) is 0 Å². The predicted octanol–water partition coefficient (Wildman–Crippen LogP) is 3.28. The van der Waals surface area contributed by atoms with Gasteiger partial charge in [-0.1, -0.05) is 45.9 Å². The van der Waals surface area contributed by atoms with E-state index < -0.39 is 0 Å². The Morgan fingerprint density at radius 3 is 2.12 bits per heavy atom. The van der Waals surface area contributed by atoms with E-state index in [4.69, 9.17) is 0 Å². The Morgan fingerprint density at radius 2 is 1.59 bits per heavy atom. The van der Waals surface area contributed by atoms with Gasteiger partial charge in [0.1, 0.15) is 0 Å². The topological polar surface area (TPSA) is 20.3 Å². The fourth-order valence-electron chi connectivity index (χ4n) is 3.61. The highest BCUT2D eigenvalue weighted by molar-refractivity contribution is 6.00. The molecule has 0 fully saturated rings. The molecule has 1 amide bonds. The smallest absolute Gasteiger partial charge is 0.254 e. The lowest BCUT2D eigenvalue weighted by molar-refractivity contribution is 0.0297. The van der Waals surface area contributed by atoms with Crippen molar-refractivity contribution in [2.24, 2.45) is 11.8 Å². The number of carbonyl (C=O) groups is 1. The molecule has 0 aromatic heterocycles. The highest BCUT2D eigenvalue weighted by Crippen LogP contribution is 2.48. The molecule has 0 bridgehead atoms. The van der Waals surface area contributed by atoms with E-state index in [0.29, 0.717) is 11.8 Å². The second-order valence-electron chi connectivity index (χ2n) is 5.54. The quantitative estimate of drug-likeness (QED) is 0.765. The number of rotatable bonds is 2. The highest BCUT2D eigenvalue weighted by atomic mass is 16.2. The van der Waals surface area contributed by atoms with Crippen molar-refractivity contribution >= 4 is 5.91 Å². The van der Waals surface area contributed by atoms with E-state index in [-0.39, 0.29) is 11.4 Å². The molecule has 0 aliphatic carbocycles. The van der Waals surface area contributed by atoms with Crippen molar-refractivity contribution in [3.8, 4) is 0 Å². The fraction of sp³-hybridized carbons (Fsp3) is 0.533. The monoisotopic (exact) mass is 231 g/mol. The maximum absolute atomic E-state index is 12.3. The fourth-order valence-corrected chi connectivity index (χ4v) is 3.61. The van der Waals surface area contributed by atoms with Gasteiger partial charge in [0.2, 0.25) is 0 Å². The molecule has 0 unspecified atom stereocenters. The van der Waals surface area contributed by atoms with E-state index in [1.165, 1.54) is 5.56 Å². The van der Waals surface area contributed by atoms with Crippen LogP contribution in [0.15, 0.2) is 24.3 Å². The van der Waals surface area contributed by atoms with Gasteiger partial charge in [0.15, 0.2) is 0 Å². The van der Waals surface area contributed by atoms with E-state index in [2.05, 4.69) is 33.8 Å². The van der Waals surface area contributed by atoms with Crippen LogP contribution < -0.4 is 0 Å². The second kappa shape index (κ2) is 3.86. The van der Waals surface area contributed by atoms with Crippen LogP contribution in [0.4, 0.5) is 0 Å². The summed E-state index contributed by atoms with van der Waals surface area (Å²) in [5.74, 6) is 0.961. The molecule has 2 heteroatoms. The van der Waals surface area contributed by atoms with Crippen LogP contribution in [0, 0.1) is 11.8 Å². The molecule has 1 aliphatic rings. The van der Waals surface area contributed by atoms with Crippen molar-refractivity contribution in [3.63, 3.8) is 0 Å². The first kappa shape index (κ1) is 12.2. The van der Waals surface area contributed by atoms with Crippen LogP contribution in [0.5, 0.6) is 0 Å². The molecule has 2 nitrogen and oxygen atoms in total. The highest BCUT2D eigenvalue weighted by Gasteiger charge is 2.51. The zero-order valence-corrected chi connectivity index (χ0v) is 11.3. The zero-order chi connectivity index (χ0) is 12.8. The summed E-state index contributed by atoms with van der Waals surface area (Å²) >= 11 is 0. The molecule has 1 aliphatic heterocycles. The van der Waals surface area contributed by atoms with Gasteiger partial charge in [-0.05, 0) is 23.5 Å². The summed E-state index contributed by atoms with van der Waals surface area (Å²) in [4.78, 5) is 14.3. The Labute approximate surface area is 104 Å². The Bertz CT molecular complexity index is 440. The van der Waals surface area contributed by atoms with Crippen LogP contribution >= 0.6 is 0 Å². The molecule has 1 aromatic rings. The third kappa shape index (κ3) is 1.36. The van der Waals surface area contributed by atoms with Gasteiger partial charge < -0.3 is 4.90 Å². The molecular weight excluding hydrogens is 210 g/mol. The van der Waals surface area contributed by atoms with Gasteiger partial charge in [-0.15, -0.1) is 0 Å². The van der Waals surface area contributed by atoms with Crippen molar-refractivity contribution in [2.75, 3.05) is 7.05 Å². The van der Waals surface area contributed by atoms with Gasteiger partial charge in [0.05, 0.1) is 5.54 Å². The molecule has 0 N–H and O–H groups in total. The van der Waals surface area contributed by atoms with Crippen LogP contribution in [0.1, 0.15) is 43.6 Å². The standard InChI is InChI=1S/C15H21NO/c1-10(2)15(11(3)4)13-9-7-6-8-12(13)14(17)16(15)5/h6-11H,1-5H3. The van der Waals surface area contributed by atoms with E-state index in [0.717, 1.165) is 5.56 Å². The SMILES string of the molecule is CC(C)C1(C(C)C)c2ccccc2C(=O)N1C. The number of hydrogen-bond donors (Lipinski definition) is 0. The third-order valence-electron chi connectivity index (χ3n) is 4.21. The normalized spacial score (nSPS) is 18.1. The van der Waals surface area contributed by atoms with Crippen molar-refractivity contribution < 1.29 is 4.79 Å². The van der Waals surface area contributed by atoms with Crippen molar-refractivity contribution in [1.82, 2.24) is 4.90 Å². The minimum absolute atomic E-state index is 0.156. The Balaban J connectivity index is 2.73. The van der Waals surface area contributed by atoms with Gasteiger partial charge >= 0.3 is 0 Å². The third-order valence-corrected chi connectivity index (χ3v) is 4.21. The van der Waals surface area contributed by atoms with Crippen LogP contribution in [-0.2, 0) is 5.54 Å². The van der Waals surface area contributed by atoms with E-state index >= 15 is 0 Å². The number of benzene rings is 1. The average molecular weight is 231 g/mol. The molecule has 0 radical (unpaired) electrons. The van der Waals surface area contributed by atoms with Gasteiger partial charge in [0, 0.05) is 12.6 Å². The maximum atomic E-state index is 12.3. The Hall–Kier alpha value is -1.31. The minimum Gasteiger partial charge on any atom is -0.331 e. The lowest BCUT2D eigenvalue weighted by atomic mass is 9.72. The van der Waals surface area contributed by atoms with Gasteiger partial charge in [-0.25, -0.2) is 0 Å². The molecule has 1 heterocycles. The molecule has 2 rings (SSSR count). The number of amides is 1. The maximum Gasteiger partial charge on any atom is 0.254 e. The van der Waals surface area contributed by atoms with Crippen LogP contribution in [0.2, 0.25) is 0 Å². The lowest BCUT2D eigenvalue weighted by Gasteiger charge is -2.44. The summed E-state index contributed by atoms with van der Waals surface area (Å²) in [6, 6.07) is 8.03. The van der Waals surface area contributed by atoms with Crippen molar-refractivity contribution in [1.29, 1.82) is 0 Å². The summed E-state index contributed by atoms with van der Waals surface area (Å²) in [6.45, 7) is 8.80. The summed E-state index contributed by atoms with van der Waals surface area (Å²) in [6.07, 6.45) is 0. The molecule has 1 aromatic carbocycles. The van der Waals surface area contributed by atoms with Gasteiger partial charge in [-0.2, -0.15) is 0 Å². The number of nitrogens with zero attached hydrogens (tertiary/aromatic N) is 1. The summed E-state index contributed by atoms with van der Waals surface area (Å²) in [5, 5.41) is 0. The van der Waals surface area contributed by atoms with Gasteiger partial charge in [-0.3, -0.25) is 4.79 Å². The number of hydrogen-bond acceptors (Lipinski definition) is 1. The summed E-state index contributed by atoms with van der Waals surface area (Å²) in [7, 11) is 1.93. The molecule has 0 saturated heterocycles. The molecule has 92 valence electrons. The van der Waals surface area contributed by atoms with E-state index in [1.54, 1.807) is 0 Å². The first-order valence-corrected chi connectivity index (χ1v) is 6.31. The molecule has 0 atom stereocenters. The Kier molecular flexibility index (Phi) is 2.76. The summed E-state index contributed by atoms with van der Waals surface area (Å²) < 4.78 is 0. The Morgan fingerprint density at radius 1 is 1.06 bits per heavy atom. The van der Waals surface area contributed by atoms with Crippen molar-refractivity contribution in [3.05, 3.63) is 35.4 Å². The lowest BCUT2D eigenvalue weighted by Crippen LogP contribution is -2.49. The predicted molar refractivity (Wildman–Crippen MR) is 69.9 cm³/mol. The first-order valence-electron chi connectivity index (χ1n) is 6.31. The zero-order valence-electron chi connectivity index (χ0n) is 11.3. The van der Waals surface area contributed by atoms with Gasteiger partial charge in [0.25, 0.3) is 5.91 Å². The van der Waals surface area contributed by atoms with Crippen molar-refractivity contribution in [2.45, 2.75) is 33.2 Å². The first-order chi connectivity index (χ1) is 7.94. The van der Waals surface area contributed by atoms with E-state index in [9.17, 15) is 4.79 Å². The van der Waals surface area contributed by atoms with Crippen LogP contribution in [0.25, 0.3) is 0 Å². The molecular formula is C15H21NO. The molecule has 0 spiro atoms. The second-order valence-corrected chi connectivity index (χ2v) is 5.54. The molecule has 17 heavy (non-hydrogen) atoms.